The van der Waals surface area contributed by atoms with Crippen LogP contribution in [0.2, 0.25) is 0 Å². The van der Waals surface area contributed by atoms with Gasteiger partial charge in [0.1, 0.15) is 17.1 Å². The lowest BCUT2D eigenvalue weighted by Gasteiger charge is -2.22. The van der Waals surface area contributed by atoms with Crippen LogP contribution in [0, 0.1) is 0 Å². The van der Waals surface area contributed by atoms with E-state index in [0.29, 0.717) is 29.1 Å². The summed E-state index contributed by atoms with van der Waals surface area (Å²) in [5, 5.41) is 56.6. The van der Waals surface area contributed by atoms with E-state index in [1.807, 2.05) is 73.7 Å². The van der Waals surface area contributed by atoms with Crippen molar-refractivity contribution >= 4 is 60.3 Å². The van der Waals surface area contributed by atoms with Crippen LogP contribution in [-0.4, -0.2) is 45.1 Å². The second-order valence-electron chi connectivity index (χ2n) is 14.2. The lowest BCUT2D eigenvalue weighted by molar-refractivity contribution is 0.299. The zero-order valence-corrected chi connectivity index (χ0v) is 31.8. The summed E-state index contributed by atoms with van der Waals surface area (Å²) >= 11 is 1.58. The third kappa shape index (κ3) is 5.58. The van der Waals surface area contributed by atoms with Crippen LogP contribution in [-0.2, 0) is 11.2 Å². The molecule has 0 saturated heterocycles. The summed E-state index contributed by atoms with van der Waals surface area (Å²) in [7, 11) is 0. The van der Waals surface area contributed by atoms with Crippen LogP contribution in [0.5, 0.6) is 28.7 Å². The first kappa shape index (κ1) is 35.1. The lowest BCUT2D eigenvalue weighted by atomic mass is 9.97. The molecule has 0 amide bonds. The molecule has 0 saturated carbocycles. The number of allylic oxidation sites excluding steroid dienone is 10. The number of phenols is 5. The predicted octanol–water partition coefficient (Wildman–Crippen LogP) is 10.6. The van der Waals surface area contributed by atoms with Crippen molar-refractivity contribution < 1.29 is 30.3 Å². The van der Waals surface area contributed by atoms with Gasteiger partial charge in [-0.1, -0.05) is 72.8 Å². The van der Waals surface area contributed by atoms with Crippen molar-refractivity contribution in [3.8, 4) is 51.5 Å². The summed E-state index contributed by atoms with van der Waals surface area (Å²) in [6, 6.07) is 22.4. The molecular formula is C47H34N4O6S. The molecule has 3 aromatic heterocycles. The van der Waals surface area contributed by atoms with E-state index in [-0.39, 0.29) is 17.5 Å². The zero-order valence-electron chi connectivity index (χ0n) is 31.0. The lowest BCUT2D eigenvalue weighted by Crippen LogP contribution is -2.07. The Kier molecular flexibility index (Phi) is 8.27. The van der Waals surface area contributed by atoms with Crippen LogP contribution in [0.1, 0.15) is 36.8 Å². The molecule has 10 rings (SSSR count). The normalized spacial score (nSPS) is 15.3. The van der Waals surface area contributed by atoms with Crippen molar-refractivity contribution in [2.45, 2.75) is 26.2 Å². The van der Waals surface area contributed by atoms with E-state index in [2.05, 4.69) is 64.3 Å². The molecule has 0 radical (unpaired) electrons. The van der Waals surface area contributed by atoms with Crippen molar-refractivity contribution in [2.24, 2.45) is 0 Å². The summed E-state index contributed by atoms with van der Waals surface area (Å²) in [5.74, 6) is -3.49. The van der Waals surface area contributed by atoms with Gasteiger partial charge in [-0.3, -0.25) is 0 Å². The molecule has 0 unspecified atom stereocenters. The van der Waals surface area contributed by atoms with E-state index in [4.69, 9.17) is 14.7 Å². The smallest absolute Gasteiger partial charge is 0.208 e. The minimum Gasteiger partial charge on any atom is -0.504 e. The molecule has 0 fully saturated rings. The summed E-state index contributed by atoms with van der Waals surface area (Å²) in [5.41, 5.74) is 6.31. The van der Waals surface area contributed by atoms with Crippen molar-refractivity contribution in [1.29, 1.82) is 0 Å². The average Bonchev–Trinajstić information content (AvgIpc) is 3.72. The van der Waals surface area contributed by atoms with Crippen LogP contribution in [0.15, 0.2) is 132 Å². The maximum atomic E-state index is 11.0. The van der Waals surface area contributed by atoms with Gasteiger partial charge in [0, 0.05) is 60.6 Å². The fraction of sp³-hybridized carbons (Fsp3) is 0.0851. The van der Waals surface area contributed by atoms with E-state index in [1.54, 1.807) is 11.3 Å². The number of nitrogens with zero attached hydrogens (tertiary/aromatic N) is 4. The van der Waals surface area contributed by atoms with Crippen LogP contribution >= 0.6 is 11.3 Å². The third-order valence-corrected chi connectivity index (χ3v) is 12.0. The van der Waals surface area contributed by atoms with Gasteiger partial charge in [0.15, 0.2) is 29.0 Å². The first-order valence-corrected chi connectivity index (χ1v) is 19.6. The quantitative estimate of drug-likeness (QED) is 0.0819. The van der Waals surface area contributed by atoms with E-state index in [0.717, 1.165) is 49.7 Å². The van der Waals surface area contributed by atoms with Crippen LogP contribution in [0.3, 0.4) is 0 Å². The maximum absolute atomic E-state index is 11.0. The van der Waals surface area contributed by atoms with Crippen molar-refractivity contribution in [3.63, 3.8) is 0 Å². The van der Waals surface area contributed by atoms with Gasteiger partial charge >= 0.3 is 0 Å². The van der Waals surface area contributed by atoms with E-state index in [9.17, 15) is 25.5 Å². The van der Waals surface area contributed by atoms with E-state index >= 15 is 0 Å². The Bertz CT molecular complexity index is 3110. The second kappa shape index (κ2) is 13.7. The number of benzene rings is 4. The van der Waals surface area contributed by atoms with Crippen LogP contribution < -0.4 is 0 Å². The predicted molar refractivity (Wildman–Crippen MR) is 228 cm³/mol. The molecule has 1 aliphatic heterocycles. The minimum atomic E-state index is -1.08. The van der Waals surface area contributed by atoms with Gasteiger partial charge in [-0.05, 0) is 73.4 Å². The number of ether oxygens (including phenoxy) is 1. The molecule has 11 heteroatoms. The fourth-order valence-corrected chi connectivity index (χ4v) is 9.22. The molecule has 2 aliphatic carbocycles. The highest BCUT2D eigenvalue weighted by atomic mass is 32.1. The van der Waals surface area contributed by atoms with Crippen molar-refractivity contribution in [1.82, 2.24) is 19.5 Å². The Morgan fingerprint density at radius 1 is 0.741 bits per heavy atom. The van der Waals surface area contributed by atoms with Gasteiger partial charge in [0.25, 0.3) is 0 Å². The third-order valence-electron chi connectivity index (χ3n) is 10.7. The Balaban J connectivity index is 1.13. The number of rotatable bonds is 6. The second-order valence-corrected chi connectivity index (χ2v) is 15.2. The number of phenolic OH excluding ortho intramolecular Hbond substituents is 5. The fourth-order valence-electron chi connectivity index (χ4n) is 8.00. The molecule has 284 valence electrons. The number of aryl methyl sites for hydroxylation is 1. The molecular weight excluding hydrogens is 749 g/mol. The van der Waals surface area contributed by atoms with Gasteiger partial charge in [-0.15, -0.1) is 11.3 Å². The number of aromatic nitrogens is 4. The Labute approximate surface area is 335 Å². The standard InChI is InChI=1S/C47H34N4O6S/c1-2-10-36-28(21-22-51-34-16-6-3-11-29(34)30-12-4-7-17-35(30)51)25-19-20-26(24-27(23-25)57-36)45-48-46(33-15-9-14-32-31-13-5-8-18-37(31)58-44(32)33)50-47(49-45)38-39(52)41(54)43(56)42(55)40(38)53/h2-3,5-11,13-22,24,52-56H,4,12,23H2,1H3/b10-2-,22-21+. The monoisotopic (exact) mass is 782 g/mol. The summed E-state index contributed by atoms with van der Waals surface area (Å²) < 4.78 is 10.8. The number of thiophene rings is 1. The SMILES string of the molecule is C/C=C\C1=C(/C=C/n2c3c(c4ccccc42)CCC=C3)C2=CC=C(c3nc(-c4c(O)c(O)c(O)c(O)c4O)nc(-c4cccc5c4sc4ccccc45)n3)C=C(C2)O1. The first-order valence-electron chi connectivity index (χ1n) is 18.8. The summed E-state index contributed by atoms with van der Waals surface area (Å²) in [6.07, 6.45) is 20.7. The number of hydrogen-bond acceptors (Lipinski definition) is 10. The van der Waals surface area contributed by atoms with E-state index < -0.39 is 34.3 Å². The Morgan fingerprint density at radius 3 is 2.29 bits per heavy atom. The first-order chi connectivity index (χ1) is 28.3. The van der Waals surface area contributed by atoms with E-state index in [1.165, 1.54) is 16.6 Å². The van der Waals surface area contributed by atoms with Crippen LogP contribution in [0.25, 0.3) is 71.7 Å². The Morgan fingerprint density at radius 2 is 1.47 bits per heavy atom. The maximum Gasteiger partial charge on any atom is 0.208 e. The largest absolute Gasteiger partial charge is 0.504 e. The van der Waals surface area contributed by atoms with Gasteiger partial charge in [0.05, 0.1) is 5.52 Å². The minimum absolute atomic E-state index is 0.173. The molecule has 10 nitrogen and oxygen atoms in total. The number of fused-ring (bicyclic) bond motifs is 8. The molecule has 7 aromatic rings. The number of aromatic hydroxyl groups is 5. The summed E-state index contributed by atoms with van der Waals surface area (Å²) in [6.45, 7) is 1.94. The molecule has 4 aromatic carbocycles. The Hall–Kier alpha value is -7.37. The molecule has 0 spiro atoms. The molecule has 0 atom stereocenters. The van der Waals surface area contributed by atoms with Crippen molar-refractivity contribution in [3.05, 3.63) is 149 Å². The van der Waals surface area contributed by atoms with Gasteiger partial charge < -0.3 is 34.8 Å². The highest BCUT2D eigenvalue weighted by Gasteiger charge is 2.29. The van der Waals surface area contributed by atoms with Gasteiger partial charge in [0.2, 0.25) is 17.2 Å². The zero-order chi connectivity index (χ0) is 39.7. The number of hydrogen-bond donors (Lipinski definition) is 5. The highest BCUT2D eigenvalue weighted by Crippen LogP contribution is 2.54. The van der Waals surface area contributed by atoms with Crippen molar-refractivity contribution in [2.75, 3.05) is 0 Å². The molecule has 3 aliphatic rings. The van der Waals surface area contributed by atoms with Crippen LogP contribution in [0.4, 0.5) is 0 Å². The molecule has 58 heavy (non-hydrogen) atoms. The number of para-hydroxylation sites is 1. The molecule has 5 N–H and O–H groups in total. The molecule has 4 heterocycles. The summed E-state index contributed by atoms with van der Waals surface area (Å²) in [4.78, 5) is 14.3. The van der Waals surface area contributed by atoms with Gasteiger partial charge in [-0.2, -0.15) is 0 Å². The topological polar surface area (TPSA) is 154 Å². The van der Waals surface area contributed by atoms with Gasteiger partial charge in [-0.25, -0.2) is 15.0 Å². The highest BCUT2D eigenvalue weighted by molar-refractivity contribution is 7.26. The molecule has 2 bridgehead atoms. The average molecular weight is 783 g/mol.